The van der Waals surface area contributed by atoms with Crippen molar-refractivity contribution in [3.05, 3.63) is 23.3 Å². The molecule has 0 unspecified atom stereocenters. The van der Waals surface area contributed by atoms with Crippen molar-refractivity contribution < 1.29 is 9.53 Å². The van der Waals surface area contributed by atoms with E-state index in [0.717, 1.165) is 5.56 Å². The lowest BCUT2D eigenvalue weighted by atomic mass is 9.88. The summed E-state index contributed by atoms with van der Waals surface area (Å²) in [6.45, 7) is 1.83. The van der Waals surface area contributed by atoms with E-state index in [2.05, 4.69) is 4.74 Å². The molecule has 0 bridgehead atoms. The summed E-state index contributed by atoms with van der Waals surface area (Å²) in [5.41, 5.74) is 7.71. The van der Waals surface area contributed by atoms with Gasteiger partial charge in [0.15, 0.2) is 0 Å². The second-order valence-corrected chi connectivity index (χ2v) is 2.79. The van der Waals surface area contributed by atoms with E-state index < -0.39 is 5.97 Å². The van der Waals surface area contributed by atoms with Gasteiger partial charge in [0.25, 0.3) is 0 Å². The Balaban J connectivity index is 3.23. The van der Waals surface area contributed by atoms with Gasteiger partial charge in [-0.05, 0) is 18.6 Å². The number of aryl methyl sites for hydroxylation is 1. The van der Waals surface area contributed by atoms with Gasteiger partial charge in [-0.2, -0.15) is 0 Å². The number of anilines is 1. The lowest BCUT2D eigenvalue weighted by Crippen LogP contribution is -2.18. The van der Waals surface area contributed by atoms with Crippen LogP contribution in [-0.2, 0) is 4.74 Å². The number of hydrogen-bond acceptors (Lipinski definition) is 3. The molecule has 0 saturated carbocycles. The molecule has 0 heterocycles. The van der Waals surface area contributed by atoms with E-state index in [4.69, 9.17) is 13.6 Å². The van der Waals surface area contributed by atoms with E-state index in [1.807, 2.05) is 6.92 Å². The first-order chi connectivity index (χ1) is 6.06. The minimum atomic E-state index is -0.468. The molecule has 0 spiro atoms. The summed E-state index contributed by atoms with van der Waals surface area (Å²) >= 11 is 0. The van der Waals surface area contributed by atoms with E-state index in [9.17, 15) is 4.79 Å². The number of benzene rings is 1. The van der Waals surface area contributed by atoms with Crippen LogP contribution in [0.25, 0.3) is 0 Å². The first-order valence-corrected chi connectivity index (χ1v) is 3.80. The molecule has 2 radical (unpaired) electrons. The van der Waals surface area contributed by atoms with Crippen LogP contribution < -0.4 is 11.2 Å². The highest BCUT2D eigenvalue weighted by atomic mass is 16.5. The van der Waals surface area contributed by atoms with Crippen LogP contribution in [0.15, 0.2) is 12.1 Å². The van der Waals surface area contributed by atoms with Crippen molar-refractivity contribution in [1.29, 1.82) is 0 Å². The Labute approximate surface area is 78.3 Å². The van der Waals surface area contributed by atoms with Gasteiger partial charge in [0.05, 0.1) is 12.7 Å². The average molecular weight is 175 g/mol. The highest BCUT2D eigenvalue weighted by Crippen LogP contribution is 2.11. The minimum absolute atomic E-state index is 0.311. The number of carbonyl (C=O) groups is 1. The molecule has 4 heteroatoms. The van der Waals surface area contributed by atoms with Gasteiger partial charge in [-0.15, -0.1) is 0 Å². The maximum Gasteiger partial charge on any atom is 0.337 e. The molecule has 1 rings (SSSR count). The smallest absolute Gasteiger partial charge is 0.337 e. The summed E-state index contributed by atoms with van der Waals surface area (Å²) in [7, 11) is 6.91. The third-order valence-electron chi connectivity index (χ3n) is 1.84. The number of esters is 1. The number of nitrogen functional groups attached to an aromatic ring is 1. The zero-order valence-electron chi connectivity index (χ0n) is 7.63. The van der Waals surface area contributed by atoms with E-state index in [1.54, 1.807) is 6.07 Å². The van der Waals surface area contributed by atoms with Crippen molar-refractivity contribution in [3.8, 4) is 0 Å². The molecule has 0 saturated heterocycles. The van der Waals surface area contributed by atoms with Gasteiger partial charge in [-0.25, -0.2) is 4.79 Å². The first-order valence-electron chi connectivity index (χ1n) is 3.80. The molecular formula is C9H10BNO2. The highest BCUT2D eigenvalue weighted by molar-refractivity contribution is 6.36. The van der Waals surface area contributed by atoms with Gasteiger partial charge in [-0.1, -0.05) is 11.5 Å². The zero-order chi connectivity index (χ0) is 10.0. The average Bonchev–Trinajstić information content (AvgIpc) is 2.10. The lowest BCUT2D eigenvalue weighted by molar-refractivity contribution is 0.0602. The van der Waals surface area contributed by atoms with E-state index >= 15 is 0 Å². The number of rotatable bonds is 1. The monoisotopic (exact) mass is 175 g/mol. The summed E-state index contributed by atoms with van der Waals surface area (Å²) < 4.78 is 4.54. The lowest BCUT2D eigenvalue weighted by Gasteiger charge is -2.07. The normalized spacial score (nSPS) is 9.69. The molecule has 0 aromatic heterocycles. The molecule has 2 N–H and O–H groups in total. The Bertz CT molecular complexity index is 350. The molecule has 1 aromatic carbocycles. The third-order valence-corrected chi connectivity index (χ3v) is 1.84. The van der Waals surface area contributed by atoms with Crippen LogP contribution in [0.2, 0.25) is 0 Å². The minimum Gasteiger partial charge on any atom is -0.465 e. The summed E-state index contributed by atoms with van der Waals surface area (Å²) in [4.78, 5) is 11.1. The van der Waals surface area contributed by atoms with Gasteiger partial charge >= 0.3 is 5.97 Å². The molecule has 0 fully saturated rings. The van der Waals surface area contributed by atoms with Crippen molar-refractivity contribution in [1.82, 2.24) is 0 Å². The molecular weight excluding hydrogens is 165 g/mol. The number of hydrogen-bond donors (Lipinski definition) is 1. The van der Waals surface area contributed by atoms with Crippen LogP contribution in [-0.4, -0.2) is 20.9 Å². The van der Waals surface area contributed by atoms with Crippen LogP contribution in [0.1, 0.15) is 15.9 Å². The Hall–Kier alpha value is -1.45. The summed E-state index contributed by atoms with van der Waals surface area (Å²) in [6.07, 6.45) is 0. The molecule has 1 aromatic rings. The van der Waals surface area contributed by atoms with E-state index in [-0.39, 0.29) is 0 Å². The van der Waals surface area contributed by atoms with Crippen molar-refractivity contribution in [2.75, 3.05) is 12.8 Å². The topological polar surface area (TPSA) is 52.3 Å². The molecule has 0 aliphatic heterocycles. The van der Waals surface area contributed by atoms with Crippen molar-refractivity contribution in [2.24, 2.45) is 0 Å². The van der Waals surface area contributed by atoms with Gasteiger partial charge in [0.2, 0.25) is 0 Å². The number of methoxy groups -OCH3 is 1. The Morgan fingerprint density at radius 3 is 2.69 bits per heavy atom. The van der Waals surface area contributed by atoms with E-state index in [1.165, 1.54) is 13.2 Å². The van der Waals surface area contributed by atoms with Gasteiger partial charge in [0, 0.05) is 5.69 Å². The third kappa shape index (κ3) is 1.83. The van der Waals surface area contributed by atoms with Crippen molar-refractivity contribution in [3.63, 3.8) is 0 Å². The van der Waals surface area contributed by atoms with Gasteiger partial charge < -0.3 is 10.5 Å². The predicted molar refractivity (Wildman–Crippen MR) is 52.3 cm³/mol. The molecule has 3 nitrogen and oxygen atoms in total. The molecule has 0 amide bonds. The quantitative estimate of drug-likeness (QED) is 0.375. The largest absolute Gasteiger partial charge is 0.465 e. The van der Waals surface area contributed by atoms with Crippen LogP contribution in [0.5, 0.6) is 0 Å². The molecule has 0 atom stereocenters. The number of carbonyl (C=O) groups excluding carboxylic acids is 1. The predicted octanol–water partition coefficient (Wildman–Crippen LogP) is 0.158. The number of ether oxygens (including phenoxy) is 1. The van der Waals surface area contributed by atoms with Gasteiger partial charge in [0.1, 0.15) is 7.85 Å². The highest BCUT2D eigenvalue weighted by Gasteiger charge is 2.09. The Morgan fingerprint density at radius 1 is 1.54 bits per heavy atom. The first kappa shape index (κ1) is 9.64. The van der Waals surface area contributed by atoms with Crippen molar-refractivity contribution >= 4 is 25.0 Å². The van der Waals surface area contributed by atoms with Crippen LogP contribution in [0, 0.1) is 6.92 Å². The Kier molecular flexibility index (Phi) is 2.61. The molecule has 66 valence electrons. The van der Waals surface area contributed by atoms with Crippen LogP contribution in [0.3, 0.4) is 0 Å². The standard InChI is InChI=1S/C9H10BNO2/c1-5-3-7(10)6(4-8(5)11)9(12)13-2/h3-4H,11H2,1-2H3. The fraction of sp³-hybridized carbons (Fsp3) is 0.222. The Morgan fingerprint density at radius 2 is 2.15 bits per heavy atom. The zero-order valence-corrected chi connectivity index (χ0v) is 7.63. The fourth-order valence-electron chi connectivity index (χ4n) is 1.03. The second kappa shape index (κ2) is 3.52. The summed E-state index contributed by atoms with van der Waals surface area (Å²) in [5, 5.41) is 0. The molecule has 0 aliphatic carbocycles. The summed E-state index contributed by atoms with van der Waals surface area (Å²) in [6, 6.07) is 3.18. The number of nitrogens with two attached hydrogens (primary N) is 1. The summed E-state index contributed by atoms with van der Waals surface area (Å²) in [5.74, 6) is -0.468. The molecule has 13 heavy (non-hydrogen) atoms. The van der Waals surface area contributed by atoms with Crippen molar-refractivity contribution in [2.45, 2.75) is 6.92 Å². The SMILES string of the molecule is [B]c1cc(C)c(N)cc1C(=O)OC. The second-order valence-electron chi connectivity index (χ2n) is 2.79. The van der Waals surface area contributed by atoms with Crippen LogP contribution >= 0.6 is 0 Å². The van der Waals surface area contributed by atoms with Gasteiger partial charge in [-0.3, -0.25) is 0 Å². The maximum atomic E-state index is 11.1. The molecule has 0 aliphatic rings. The maximum absolute atomic E-state index is 11.1. The fourth-order valence-corrected chi connectivity index (χ4v) is 1.03. The van der Waals surface area contributed by atoms with E-state index in [0.29, 0.717) is 16.7 Å². The van der Waals surface area contributed by atoms with Crippen LogP contribution in [0.4, 0.5) is 5.69 Å².